The van der Waals surface area contributed by atoms with Gasteiger partial charge in [0.25, 0.3) is 0 Å². The molecule has 1 N–H and O–H groups in total. The normalized spacial score (nSPS) is 17.1. The fourth-order valence-corrected chi connectivity index (χ4v) is 4.78. The Morgan fingerprint density at radius 1 is 1.13 bits per heavy atom. The molecule has 1 aliphatic heterocycles. The molecule has 1 unspecified atom stereocenters. The van der Waals surface area contributed by atoms with Gasteiger partial charge in [-0.3, -0.25) is 4.79 Å². The molecule has 1 atom stereocenters. The number of nitrogens with zero attached hydrogens (tertiary/aromatic N) is 2. The molecule has 0 aliphatic carbocycles. The van der Waals surface area contributed by atoms with Crippen molar-refractivity contribution in [2.24, 2.45) is 0 Å². The van der Waals surface area contributed by atoms with E-state index in [9.17, 15) is 18.0 Å². The Labute approximate surface area is 182 Å². The highest BCUT2D eigenvalue weighted by Crippen LogP contribution is 2.22. The number of nitrogens with one attached hydrogen (secondary N) is 1. The van der Waals surface area contributed by atoms with Crippen LogP contribution in [0.25, 0.3) is 0 Å². The van der Waals surface area contributed by atoms with Crippen LogP contribution in [0.3, 0.4) is 0 Å². The van der Waals surface area contributed by atoms with E-state index in [1.807, 2.05) is 30.3 Å². The van der Waals surface area contributed by atoms with Crippen LogP contribution in [0.4, 0.5) is 10.5 Å². The van der Waals surface area contributed by atoms with Gasteiger partial charge in [0.05, 0.1) is 4.90 Å². The SMILES string of the molecule is C=CC(=O)Nc1ccc(S(=O)(=O)N2CCN(C(=O)OCc3ccccc3)C(C)C2)cc1. The summed E-state index contributed by atoms with van der Waals surface area (Å²) in [4.78, 5) is 25.5. The third kappa shape index (κ3) is 5.50. The maximum atomic E-state index is 13.0. The number of anilines is 1. The fourth-order valence-electron chi connectivity index (χ4n) is 3.27. The second-order valence-electron chi connectivity index (χ2n) is 7.16. The van der Waals surface area contributed by atoms with E-state index in [2.05, 4.69) is 11.9 Å². The largest absolute Gasteiger partial charge is 0.445 e. The van der Waals surface area contributed by atoms with Gasteiger partial charge in [0.2, 0.25) is 15.9 Å². The Hall–Kier alpha value is -3.17. The minimum Gasteiger partial charge on any atom is -0.445 e. The van der Waals surface area contributed by atoms with Gasteiger partial charge < -0.3 is 15.0 Å². The van der Waals surface area contributed by atoms with Crippen LogP contribution < -0.4 is 5.32 Å². The number of benzene rings is 2. The van der Waals surface area contributed by atoms with Crippen LogP contribution in [-0.2, 0) is 26.2 Å². The molecule has 0 spiro atoms. The zero-order chi connectivity index (χ0) is 22.4. The highest BCUT2D eigenvalue weighted by Gasteiger charge is 2.34. The molecule has 8 nitrogen and oxygen atoms in total. The quantitative estimate of drug-likeness (QED) is 0.693. The number of hydrogen-bond donors (Lipinski definition) is 1. The summed E-state index contributed by atoms with van der Waals surface area (Å²) in [5.74, 6) is -0.375. The Kier molecular flexibility index (Phi) is 7.09. The van der Waals surface area contributed by atoms with Crippen LogP contribution in [0.5, 0.6) is 0 Å². The number of rotatable bonds is 6. The third-order valence-corrected chi connectivity index (χ3v) is 6.85. The molecule has 2 aromatic rings. The molecule has 2 aromatic carbocycles. The number of piperazine rings is 1. The molecule has 164 valence electrons. The van der Waals surface area contributed by atoms with E-state index in [1.54, 1.807) is 11.8 Å². The van der Waals surface area contributed by atoms with Crippen LogP contribution in [-0.4, -0.2) is 55.3 Å². The number of carbonyl (C=O) groups excluding carboxylic acids is 2. The third-order valence-electron chi connectivity index (χ3n) is 4.97. The highest BCUT2D eigenvalue weighted by molar-refractivity contribution is 7.89. The molecule has 31 heavy (non-hydrogen) atoms. The molecule has 9 heteroatoms. The molecule has 0 bridgehead atoms. The van der Waals surface area contributed by atoms with E-state index in [1.165, 1.54) is 28.6 Å². The molecule has 1 fully saturated rings. The summed E-state index contributed by atoms with van der Waals surface area (Å²) in [6, 6.07) is 15.0. The van der Waals surface area contributed by atoms with Crippen molar-refractivity contribution < 1.29 is 22.7 Å². The molecule has 0 saturated carbocycles. The number of carbonyl (C=O) groups is 2. The lowest BCUT2D eigenvalue weighted by molar-refractivity contribution is -0.111. The summed E-state index contributed by atoms with van der Waals surface area (Å²) in [6.45, 7) is 5.90. The highest BCUT2D eigenvalue weighted by atomic mass is 32.2. The Balaban J connectivity index is 1.60. The fraction of sp³-hybridized carbons (Fsp3) is 0.273. The van der Waals surface area contributed by atoms with Crippen LogP contribution in [0, 0.1) is 0 Å². The number of hydrogen-bond acceptors (Lipinski definition) is 5. The zero-order valence-electron chi connectivity index (χ0n) is 17.2. The first-order chi connectivity index (χ1) is 14.8. The van der Waals surface area contributed by atoms with Crippen molar-refractivity contribution in [2.75, 3.05) is 25.0 Å². The molecular formula is C22H25N3O5S. The van der Waals surface area contributed by atoms with Gasteiger partial charge >= 0.3 is 6.09 Å². The van der Waals surface area contributed by atoms with E-state index >= 15 is 0 Å². The number of ether oxygens (including phenoxy) is 1. The van der Waals surface area contributed by atoms with E-state index in [4.69, 9.17) is 4.74 Å². The first kappa shape index (κ1) is 22.5. The number of amides is 2. The summed E-state index contributed by atoms with van der Waals surface area (Å²) in [5.41, 5.74) is 1.36. The monoisotopic (exact) mass is 443 g/mol. The second-order valence-corrected chi connectivity index (χ2v) is 9.10. The van der Waals surface area contributed by atoms with Crippen molar-refractivity contribution in [1.82, 2.24) is 9.21 Å². The van der Waals surface area contributed by atoms with Crippen LogP contribution >= 0.6 is 0 Å². The maximum absolute atomic E-state index is 13.0. The minimum atomic E-state index is -3.73. The van der Waals surface area contributed by atoms with E-state index < -0.39 is 16.1 Å². The molecule has 3 rings (SSSR count). The maximum Gasteiger partial charge on any atom is 0.410 e. The van der Waals surface area contributed by atoms with Gasteiger partial charge in [-0.15, -0.1) is 0 Å². The van der Waals surface area contributed by atoms with Crippen molar-refractivity contribution in [1.29, 1.82) is 0 Å². The Morgan fingerprint density at radius 2 is 1.81 bits per heavy atom. The van der Waals surface area contributed by atoms with Gasteiger partial charge in [-0.1, -0.05) is 36.9 Å². The zero-order valence-corrected chi connectivity index (χ0v) is 18.0. The molecular weight excluding hydrogens is 418 g/mol. The molecule has 1 heterocycles. The number of sulfonamides is 1. The van der Waals surface area contributed by atoms with Crippen molar-refractivity contribution >= 4 is 27.7 Å². The van der Waals surface area contributed by atoms with Gasteiger partial charge in [0.1, 0.15) is 6.61 Å². The van der Waals surface area contributed by atoms with E-state index in [0.29, 0.717) is 5.69 Å². The second kappa shape index (κ2) is 9.76. The lowest BCUT2D eigenvalue weighted by Crippen LogP contribution is -2.55. The van der Waals surface area contributed by atoms with Gasteiger partial charge in [-0.05, 0) is 42.8 Å². The van der Waals surface area contributed by atoms with Gasteiger partial charge in [-0.2, -0.15) is 4.31 Å². The van der Waals surface area contributed by atoms with Crippen molar-refractivity contribution in [3.05, 3.63) is 72.8 Å². The smallest absolute Gasteiger partial charge is 0.410 e. The first-order valence-electron chi connectivity index (χ1n) is 9.82. The summed E-state index contributed by atoms with van der Waals surface area (Å²) in [5, 5.41) is 2.58. The van der Waals surface area contributed by atoms with Gasteiger partial charge in [0, 0.05) is 31.4 Å². The van der Waals surface area contributed by atoms with Crippen LogP contribution in [0.2, 0.25) is 0 Å². The van der Waals surface area contributed by atoms with E-state index in [0.717, 1.165) is 11.6 Å². The summed E-state index contributed by atoms with van der Waals surface area (Å²) in [7, 11) is -3.73. The molecule has 0 aromatic heterocycles. The average molecular weight is 444 g/mol. The topological polar surface area (TPSA) is 96.0 Å². The Morgan fingerprint density at radius 3 is 2.42 bits per heavy atom. The summed E-state index contributed by atoms with van der Waals surface area (Å²) in [6.07, 6.45) is 0.673. The van der Waals surface area contributed by atoms with Crippen molar-refractivity contribution in [3.63, 3.8) is 0 Å². The standard InChI is InChI=1S/C22H25N3O5S/c1-3-21(26)23-19-9-11-20(12-10-19)31(28,29)24-13-14-25(17(2)15-24)22(27)30-16-18-7-5-4-6-8-18/h3-12,17H,1,13-16H2,2H3,(H,23,26). The minimum absolute atomic E-state index is 0.122. The summed E-state index contributed by atoms with van der Waals surface area (Å²) < 4.78 is 32.7. The van der Waals surface area contributed by atoms with E-state index in [-0.39, 0.29) is 43.1 Å². The average Bonchev–Trinajstić information content (AvgIpc) is 2.78. The predicted octanol–water partition coefficient (Wildman–Crippen LogP) is 2.84. The Bertz CT molecular complexity index is 1040. The van der Waals surface area contributed by atoms with Crippen molar-refractivity contribution in [2.45, 2.75) is 24.5 Å². The molecule has 1 saturated heterocycles. The lowest BCUT2D eigenvalue weighted by atomic mass is 10.2. The molecule has 1 aliphatic rings. The predicted molar refractivity (Wildman–Crippen MR) is 117 cm³/mol. The van der Waals surface area contributed by atoms with Gasteiger partial charge in [-0.25, -0.2) is 13.2 Å². The van der Waals surface area contributed by atoms with Gasteiger partial charge in [0.15, 0.2) is 0 Å². The van der Waals surface area contributed by atoms with Crippen molar-refractivity contribution in [3.8, 4) is 0 Å². The lowest BCUT2D eigenvalue weighted by Gasteiger charge is -2.38. The first-order valence-corrected chi connectivity index (χ1v) is 11.3. The molecule has 0 radical (unpaired) electrons. The van der Waals surface area contributed by atoms with Crippen LogP contribution in [0.15, 0.2) is 72.1 Å². The molecule has 2 amide bonds. The summed E-state index contributed by atoms with van der Waals surface area (Å²) >= 11 is 0. The van der Waals surface area contributed by atoms with Crippen LogP contribution in [0.1, 0.15) is 12.5 Å².